The lowest BCUT2D eigenvalue weighted by Gasteiger charge is -2.12. The van der Waals surface area contributed by atoms with Gasteiger partial charge < -0.3 is 19.7 Å². The Morgan fingerprint density at radius 3 is 2.62 bits per heavy atom. The van der Waals surface area contributed by atoms with E-state index in [9.17, 15) is 14.7 Å². The highest BCUT2D eigenvalue weighted by Crippen LogP contribution is 2.13. The summed E-state index contributed by atoms with van der Waals surface area (Å²) in [6, 6.07) is 6.64. The Balaban J connectivity index is 1.77. The number of imidazole rings is 1. The number of aliphatic hydroxyl groups excluding tert-OH is 1. The van der Waals surface area contributed by atoms with E-state index in [2.05, 4.69) is 10.3 Å². The van der Waals surface area contributed by atoms with Crippen LogP contribution in [0.2, 0.25) is 0 Å². The Bertz CT molecular complexity index is 694. The van der Waals surface area contributed by atoms with Crippen molar-refractivity contribution in [2.45, 2.75) is 19.4 Å². The Kier molecular flexibility index (Phi) is 6.08. The fourth-order valence-electron chi connectivity index (χ4n) is 2.14. The fraction of sp³-hybridized carbons (Fsp3) is 0.353. The van der Waals surface area contributed by atoms with Crippen molar-refractivity contribution in [2.24, 2.45) is 7.05 Å². The van der Waals surface area contributed by atoms with Crippen molar-refractivity contribution >= 4 is 11.7 Å². The largest absolute Gasteiger partial charge is 0.484 e. The second kappa shape index (κ2) is 8.26. The number of Topliss-reactive ketones (excluding diaryl/α,β-unsaturated/α-hetero) is 1. The summed E-state index contributed by atoms with van der Waals surface area (Å²) in [4.78, 5) is 27.3. The van der Waals surface area contributed by atoms with Crippen LogP contribution < -0.4 is 10.1 Å². The molecular formula is C17H21N3O4. The summed E-state index contributed by atoms with van der Waals surface area (Å²) in [6.07, 6.45) is 2.86. The number of nitrogens with one attached hydrogen (secondary N) is 1. The summed E-state index contributed by atoms with van der Waals surface area (Å²) in [5.74, 6) is 0.689. The van der Waals surface area contributed by atoms with Crippen molar-refractivity contribution in [1.29, 1.82) is 0 Å². The van der Waals surface area contributed by atoms with E-state index in [4.69, 9.17) is 4.74 Å². The van der Waals surface area contributed by atoms with Gasteiger partial charge in [-0.3, -0.25) is 9.59 Å². The van der Waals surface area contributed by atoms with Gasteiger partial charge in [0.25, 0.3) is 5.91 Å². The van der Waals surface area contributed by atoms with Gasteiger partial charge in [-0.05, 0) is 24.3 Å². The Morgan fingerprint density at radius 2 is 2.04 bits per heavy atom. The zero-order chi connectivity index (χ0) is 17.5. The first kappa shape index (κ1) is 17.7. The smallest absolute Gasteiger partial charge is 0.258 e. The average Bonchev–Trinajstić information content (AvgIpc) is 3.03. The molecule has 0 saturated heterocycles. The third-order valence-electron chi connectivity index (χ3n) is 3.52. The molecule has 2 aromatic rings. The minimum absolute atomic E-state index is 0.0526. The zero-order valence-corrected chi connectivity index (χ0v) is 13.7. The summed E-state index contributed by atoms with van der Waals surface area (Å²) in [7, 11) is 1.77. The number of rotatable bonds is 8. The lowest BCUT2D eigenvalue weighted by molar-refractivity contribution is -0.123. The van der Waals surface area contributed by atoms with Gasteiger partial charge in [0.1, 0.15) is 17.7 Å². The van der Waals surface area contributed by atoms with Gasteiger partial charge in [0.2, 0.25) is 0 Å². The maximum Gasteiger partial charge on any atom is 0.258 e. The second-order valence-electron chi connectivity index (χ2n) is 5.31. The lowest BCUT2D eigenvalue weighted by atomic mass is 10.1. The monoisotopic (exact) mass is 331 g/mol. The maximum atomic E-state index is 11.8. The Labute approximate surface area is 140 Å². The number of aliphatic hydroxyl groups is 1. The van der Waals surface area contributed by atoms with Crippen LogP contribution in [0.5, 0.6) is 5.75 Å². The molecule has 0 radical (unpaired) electrons. The van der Waals surface area contributed by atoms with E-state index in [-0.39, 0.29) is 24.8 Å². The minimum atomic E-state index is -0.881. The highest BCUT2D eigenvalue weighted by Gasteiger charge is 2.13. The van der Waals surface area contributed by atoms with Gasteiger partial charge in [-0.25, -0.2) is 4.98 Å². The van der Waals surface area contributed by atoms with Crippen molar-refractivity contribution < 1.29 is 19.4 Å². The highest BCUT2D eigenvalue weighted by molar-refractivity contribution is 5.95. The number of aryl methyl sites for hydroxylation is 1. The van der Waals surface area contributed by atoms with Crippen molar-refractivity contribution in [3.8, 4) is 5.75 Å². The molecule has 1 aromatic heterocycles. The number of ether oxygens (including phenoxy) is 1. The van der Waals surface area contributed by atoms with Gasteiger partial charge in [0.05, 0.1) is 6.54 Å². The van der Waals surface area contributed by atoms with Crippen LogP contribution in [0.25, 0.3) is 0 Å². The number of hydrogen-bond acceptors (Lipinski definition) is 5. The molecule has 0 fully saturated rings. The van der Waals surface area contributed by atoms with Crippen molar-refractivity contribution in [3.63, 3.8) is 0 Å². The van der Waals surface area contributed by atoms with Gasteiger partial charge in [-0.2, -0.15) is 0 Å². The van der Waals surface area contributed by atoms with Gasteiger partial charge in [0.15, 0.2) is 12.4 Å². The maximum absolute atomic E-state index is 11.8. The molecule has 0 saturated carbocycles. The topological polar surface area (TPSA) is 93.5 Å². The van der Waals surface area contributed by atoms with E-state index in [0.29, 0.717) is 23.6 Å². The molecule has 24 heavy (non-hydrogen) atoms. The van der Waals surface area contributed by atoms with E-state index in [0.717, 1.165) is 0 Å². The molecule has 7 heteroatoms. The van der Waals surface area contributed by atoms with E-state index in [1.165, 1.54) is 0 Å². The number of carbonyl (C=O) groups is 2. The number of aromatic nitrogens is 2. The minimum Gasteiger partial charge on any atom is -0.484 e. The molecule has 128 valence electrons. The molecule has 7 nitrogen and oxygen atoms in total. The van der Waals surface area contributed by atoms with E-state index in [1.807, 2.05) is 0 Å². The highest BCUT2D eigenvalue weighted by atomic mass is 16.5. The standard InChI is InChI=1S/C17H21N3O4/c1-3-14(21)12-4-6-13(7-5-12)24-11-16(23)19-10-15(22)17-18-8-9-20(17)2/h4-9,15,22H,3,10-11H2,1-2H3,(H,19,23)/t15-/m1/s1. The third-order valence-corrected chi connectivity index (χ3v) is 3.52. The number of amides is 1. The molecule has 2 N–H and O–H groups in total. The van der Waals surface area contributed by atoms with Gasteiger partial charge in [0, 0.05) is 31.4 Å². The van der Waals surface area contributed by atoms with Crippen LogP contribution in [0.4, 0.5) is 0 Å². The number of hydrogen-bond donors (Lipinski definition) is 2. The predicted octanol–water partition coefficient (Wildman–Crippen LogP) is 1.24. The summed E-state index contributed by atoms with van der Waals surface area (Å²) >= 11 is 0. The predicted molar refractivity (Wildman–Crippen MR) is 87.7 cm³/mol. The fourth-order valence-corrected chi connectivity index (χ4v) is 2.14. The number of carbonyl (C=O) groups excluding carboxylic acids is 2. The van der Waals surface area contributed by atoms with E-state index in [1.54, 1.807) is 55.2 Å². The molecular weight excluding hydrogens is 310 g/mol. The average molecular weight is 331 g/mol. The number of ketones is 1. The Hall–Kier alpha value is -2.67. The molecule has 1 aromatic carbocycles. The lowest BCUT2D eigenvalue weighted by Crippen LogP contribution is -2.33. The quantitative estimate of drug-likeness (QED) is 0.710. The van der Waals surface area contributed by atoms with Crippen LogP contribution in [0.3, 0.4) is 0 Å². The van der Waals surface area contributed by atoms with Crippen LogP contribution in [-0.2, 0) is 11.8 Å². The first-order valence-electron chi connectivity index (χ1n) is 7.69. The van der Waals surface area contributed by atoms with Crippen LogP contribution in [-0.4, -0.2) is 39.5 Å². The molecule has 1 heterocycles. The third kappa shape index (κ3) is 4.66. The van der Waals surface area contributed by atoms with Crippen LogP contribution in [0, 0.1) is 0 Å². The van der Waals surface area contributed by atoms with Gasteiger partial charge >= 0.3 is 0 Å². The number of nitrogens with zero attached hydrogens (tertiary/aromatic N) is 2. The molecule has 1 amide bonds. The van der Waals surface area contributed by atoms with Crippen molar-refractivity contribution in [2.75, 3.05) is 13.2 Å². The molecule has 0 bridgehead atoms. The van der Waals surface area contributed by atoms with Crippen molar-refractivity contribution in [3.05, 3.63) is 48.0 Å². The molecule has 0 aliphatic rings. The van der Waals surface area contributed by atoms with Crippen molar-refractivity contribution in [1.82, 2.24) is 14.9 Å². The molecule has 2 rings (SSSR count). The molecule has 0 spiro atoms. The van der Waals surface area contributed by atoms with Crippen LogP contribution in [0.15, 0.2) is 36.7 Å². The van der Waals surface area contributed by atoms with Gasteiger partial charge in [-0.15, -0.1) is 0 Å². The molecule has 0 aliphatic heterocycles. The first-order valence-corrected chi connectivity index (χ1v) is 7.69. The van der Waals surface area contributed by atoms with Crippen LogP contribution in [0.1, 0.15) is 35.6 Å². The normalized spacial score (nSPS) is 11.8. The van der Waals surface area contributed by atoms with Crippen LogP contribution >= 0.6 is 0 Å². The molecule has 1 atom stereocenters. The van der Waals surface area contributed by atoms with Gasteiger partial charge in [-0.1, -0.05) is 6.92 Å². The molecule has 0 unspecified atom stereocenters. The SMILES string of the molecule is CCC(=O)c1ccc(OCC(=O)NC[C@@H](O)c2nccn2C)cc1. The zero-order valence-electron chi connectivity index (χ0n) is 13.7. The second-order valence-corrected chi connectivity index (χ2v) is 5.31. The number of benzene rings is 1. The Morgan fingerprint density at radius 1 is 1.33 bits per heavy atom. The first-order chi connectivity index (χ1) is 11.5. The molecule has 0 aliphatic carbocycles. The van der Waals surface area contributed by atoms with E-state index >= 15 is 0 Å². The van der Waals surface area contributed by atoms with E-state index < -0.39 is 6.10 Å². The summed E-state index contributed by atoms with van der Waals surface area (Å²) in [5.41, 5.74) is 0.618. The summed E-state index contributed by atoms with van der Waals surface area (Å²) in [6.45, 7) is 1.68. The summed E-state index contributed by atoms with van der Waals surface area (Å²) < 4.78 is 7.04. The summed E-state index contributed by atoms with van der Waals surface area (Å²) in [5, 5.41) is 12.5.